The Morgan fingerprint density at radius 2 is 1.77 bits per heavy atom. The van der Waals surface area contributed by atoms with Gasteiger partial charge in [0.2, 0.25) is 11.8 Å². The first kappa shape index (κ1) is 24.9. The lowest BCUT2D eigenvalue weighted by atomic mass is 10.1. The van der Waals surface area contributed by atoms with Crippen LogP contribution in [0, 0.1) is 5.92 Å². The Morgan fingerprint density at radius 1 is 1.09 bits per heavy atom. The molecule has 2 aliphatic carbocycles. The van der Waals surface area contributed by atoms with Crippen molar-refractivity contribution in [1.29, 1.82) is 0 Å². The Hall–Kier alpha value is -3.20. The average molecular weight is 500 g/mol. The SMILES string of the molecule is CN(CC(=O)NC1CCCC1)c1nc(Cc2ccc(NC(=O)C3CC3)cc2)nc(Cl)c1CC(=O)O. The van der Waals surface area contributed by atoms with Gasteiger partial charge in [0.05, 0.1) is 13.0 Å². The maximum absolute atomic E-state index is 12.6. The molecule has 2 saturated carbocycles. The summed E-state index contributed by atoms with van der Waals surface area (Å²) < 4.78 is 0. The van der Waals surface area contributed by atoms with Gasteiger partial charge in [0.15, 0.2) is 0 Å². The van der Waals surface area contributed by atoms with Gasteiger partial charge in [-0.25, -0.2) is 9.97 Å². The zero-order valence-electron chi connectivity index (χ0n) is 19.7. The lowest BCUT2D eigenvalue weighted by Crippen LogP contribution is -2.40. The minimum Gasteiger partial charge on any atom is -0.481 e. The van der Waals surface area contributed by atoms with E-state index in [1.165, 1.54) is 0 Å². The van der Waals surface area contributed by atoms with Gasteiger partial charge >= 0.3 is 5.97 Å². The zero-order chi connectivity index (χ0) is 24.9. The number of hydrogen-bond acceptors (Lipinski definition) is 6. The van der Waals surface area contributed by atoms with Crippen LogP contribution in [0.3, 0.4) is 0 Å². The van der Waals surface area contributed by atoms with E-state index in [2.05, 4.69) is 20.6 Å². The number of rotatable bonds is 10. The molecule has 9 nitrogen and oxygen atoms in total. The largest absolute Gasteiger partial charge is 0.481 e. The van der Waals surface area contributed by atoms with Gasteiger partial charge in [-0.1, -0.05) is 36.6 Å². The highest BCUT2D eigenvalue weighted by molar-refractivity contribution is 6.30. The van der Waals surface area contributed by atoms with E-state index in [-0.39, 0.29) is 47.5 Å². The number of nitrogens with one attached hydrogen (secondary N) is 2. The molecular weight excluding hydrogens is 470 g/mol. The van der Waals surface area contributed by atoms with Crippen molar-refractivity contribution in [3.05, 3.63) is 46.4 Å². The number of amides is 2. The second-order valence-electron chi connectivity index (χ2n) is 9.35. The summed E-state index contributed by atoms with van der Waals surface area (Å²) in [5.41, 5.74) is 1.91. The first-order valence-electron chi connectivity index (χ1n) is 12.0. The molecule has 1 heterocycles. The molecular formula is C25H30ClN5O4. The molecule has 3 N–H and O–H groups in total. The summed E-state index contributed by atoms with van der Waals surface area (Å²) in [7, 11) is 1.69. The molecule has 2 aromatic rings. The van der Waals surface area contributed by atoms with Crippen LogP contribution < -0.4 is 15.5 Å². The van der Waals surface area contributed by atoms with Gasteiger partial charge in [-0.05, 0) is 43.4 Å². The zero-order valence-corrected chi connectivity index (χ0v) is 20.5. The molecule has 2 aliphatic rings. The van der Waals surface area contributed by atoms with Crippen LogP contribution >= 0.6 is 11.6 Å². The van der Waals surface area contributed by atoms with Gasteiger partial charge in [0, 0.05) is 36.7 Å². The molecule has 0 radical (unpaired) electrons. The molecule has 1 aromatic heterocycles. The van der Waals surface area contributed by atoms with Crippen LogP contribution in [0.4, 0.5) is 11.5 Å². The fourth-order valence-corrected chi connectivity index (χ4v) is 4.55. The van der Waals surface area contributed by atoms with Crippen molar-refractivity contribution in [2.45, 2.75) is 57.4 Å². The van der Waals surface area contributed by atoms with Gasteiger partial charge in [-0.15, -0.1) is 0 Å². The monoisotopic (exact) mass is 499 g/mol. The van der Waals surface area contributed by atoms with Crippen molar-refractivity contribution in [3.63, 3.8) is 0 Å². The maximum atomic E-state index is 12.6. The summed E-state index contributed by atoms with van der Waals surface area (Å²) in [6, 6.07) is 7.61. The van der Waals surface area contributed by atoms with Crippen molar-refractivity contribution in [3.8, 4) is 0 Å². The molecule has 186 valence electrons. The van der Waals surface area contributed by atoms with Gasteiger partial charge in [-0.2, -0.15) is 0 Å². The third-order valence-corrected chi connectivity index (χ3v) is 6.62. The third-order valence-electron chi connectivity index (χ3n) is 6.30. The molecule has 0 spiro atoms. The molecule has 4 rings (SSSR count). The van der Waals surface area contributed by atoms with Crippen LogP contribution in [-0.2, 0) is 27.2 Å². The highest BCUT2D eigenvalue weighted by atomic mass is 35.5. The summed E-state index contributed by atoms with van der Waals surface area (Å²) >= 11 is 6.39. The predicted octanol–water partition coefficient (Wildman–Crippen LogP) is 3.19. The quantitative estimate of drug-likeness (QED) is 0.429. The lowest BCUT2D eigenvalue weighted by molar-refractivity contribution is -0.136. The number of carbonyl (C=O) groups is 3. The van der Waals surface area contributed by atoms with Crippen LogP contribution in [-0.4, -0.2) is 52.5 Å². The van der Waals surface area contributed by atoms with Gasteiger partial charge in [0.1, 0.15) is 16.8 Å². The molecule has 35 heavy (non-hydrogen) atoms. The van der Waals surface area contributed by atoms with E-state index < -0.39 is 5.97 Å². The highest BCUT2D eigenvalue weighted by Crippen LogP contribution is 2.30. The minimum atomic E-state index is -1.06. The minimum absolute atomic E-state index is 0.0330. The van der Waals surface area contributed by atoms with E-state index >= 15 is 0 Å². The molecule has 0 saturated heterocycles. The number of aliphatic carboxylic acids is 1. The van der Waals surface area contributed by atoms with E-state index in [1.54, 1.807) is 11.9 Å². The lowest BCUT2D eigenvalue weighted by Gasteiger charge is -2.22. The molecule has 1 aromatic carbocycles. The molecule has 0 aliphatic heterocycles. The summed E-state index contributed by atoms with van der Waals surface area (Å²) in [6.07, 6.45) is 6.08. The van der Waals surface area contributed by atoms with Crippen molar-refractivity contribution >= 4 is 40.9 Å². The third kappa shape index (κ3) is 6.91. The van der Waals surface area contributed by atoms with Gasteiger partial charge < -0.3 is 20.6 Å². The number of anilines is 2. The Labute approximate surface area is 209 Å². The maximum Gasteiger partial charge on any atom is 0.308 e. The highest BCUT2D eigenvalue weighted by Gasteiger charge is 2.29. The number of carboxylic acid groups (broad SMARTS) is 1. The number of carbonyl (C=O) groups excluding carboxylic acids is 2. The number of benzene rings is 1. The van der Waals surface area contributed by atoms with Crippen molar-refractivity contribution in [2.24, 2.45) is 5.92 Å². The van der Waals surface area contributed by atoms with Gasteiger partial charge in [0.25, 0.3) is 0 Å². The van der Waals surface area contributed by atoms with Crippen LogP contribution in [0.2, 0.25) is 5.15 Å². The Morgan fingerprint density at radius 3 is 2.40 bits per heavy atom. The first-order valence-corrected chi connectivity index (χ1v) is 12.3. The number of nitrogens with zero attached hydrogens (tertiary/aromatic N) is 3. The number of hydrogen-bond donors (Lipinski definition) is 3. The van der Waals surface area contributed by atoms with Crippen molar-refractivity contribution < 1.29 is 19.5 Å². The summed E-state index contributed by atoms with van der Waals surface area (Å²) in [5.74, 6) is -0.274. The number of likely N-dealkylation sites (N-methyl/N-ethyl adjacent to an activating group) is 1. The Bertz CT molecular complexity index is 1100. The van der Waals surface area contributed by atoms with E-state index in [1.807, 2.05) is 24.3 Å². The number of halogens is 1. The van der Waals surface area contributed by atoms with Crippen molar-refractivity contribution in [2.75, 3.05) is 23.8 Å². The molecule has 0 bridgehead atoms. The van der Waals surface area contributed by atoms with Crippen molar-refractivity contribution in [1.82, 2.24) is 15.3 Å². The van der Waals surface area contributed by atoms with E-state index in [9.17, 15) is 19.5 Å². The van der Waals surface area contributed by atoms with Crippen LogP contribution in [0.1, 0.15) is 55.5 Å². The predicted molar refractivity (Wildman–Crippen MR) is 133 cm³/mol. The summed E-state index contributed by atoms with van der Waals surface area (Å²) in [6.45, 7) is 0.0330. The van der Waals surface area contributed by atoms with E-state index in [4.69, 9.17) is 11.6 Å². The standard InChI is InChI=1S/C25H30ClN5O4/c1-31(14-21(32)27-17-4-2-3-5-17)24-19(13-22(33)34)23(26)29-20(30-24)12-15-6-10-18(11-7-15)28-25(35)16-8-9-16/h6-7,10-11,16-17H,2-5,8-9,12-14H2,1H3,(H,27,32)(H,28,35)(H,33,34). The second-order valence-corrected chi connectivity index (χ2v) is 9.70. The number of aromatic nitrogens is 2. The summed E-state index contributed by atoms with van der Waals surface area (Å²) in [4.78, 5) is 46.5. The average Bonchev–Trinajstić information content (AvgIpc) is 3.54. The second kappa shape index (κ2) is 11.0. The topological polar surface area (TPSA) is 125 Å². The van der Waals surface area contributed by atoms with Gasteiger partial charge in [-0.3, -0.25) is 14.4 Å². The normalized spacial score (nSPS) is 15.6. The van der Waals surface area contributed by atoms with Crippen LogP contribution in [0.15, 0.2) is 24.3 Å². The molecule has 10 heteroatoms. The van der Waals surface area contributed by atoms with E-state index in [0.29, 0.717) is 18.1 Å². The fraction of sp³-hybridized carbons (Fsp3) is 0.480. The smallest absolute Gasteiger partial charge is 0.308 e. The van der Waals surface area contributed by atoms with Crippen LogP contribution in [0.5, 0.6) is 0 Å². The molecule has 2 amide bonds. The molecule has 0 unspecified atom stereocenters. The first-order chi connectivity index (χ1) is 16.8. The van der Waals surface area contributed by atoms with E-state index in [0.717, 1.165) is 49.8 Å². The Kier molecular flexibility index (Phi) is 7.85. The Balaban J connectivity index is 1.48. The fourth-order valence-electron chi connectivity index (χ4n) is 4.30. The molecule has 2 fully saturated rings. The summed E-state index contributed by atoms with van der Waals surface area (Å²) in [5, 5.41) is 15.4. The number of carboxylic acids is 1. The molecule has 0 atom stereocenters. The van der Waals surface area contributed by atoms with Crippen LogP contribution in [0.25, 0.3) is 0 Å².